The van der Waals surface area contributed by atoms with E-state index in [2.05, 4.69) is 11.8 Å². The zero-order valence-electron chi connectivity index (χ0n) is 10.1. The molecule has 0 heterocycles. The van der Waals surface area contributed by atoms with Crippen LogP contribution in [0.4, 0.5) is 11.4 Å². The normalized spacial score (nSPS) is 9.39. The Balaban J connectivity index is 2.27. The molecule has 0 spiro atoms. The van der Waals surface area contributed by atoms with Crippen LogP contribution >= 0.6 is 0 Å². The molecule has 0 aliphatic heterocycles. The van der Waals surface area contributed by atoms with Crippen molar-refractivity contribution in [3.63, 3.8) is 0 Å². The summed E-state index contributed by atoms with van der Waals surface area (Å²) >= 11 is 0. The standard InChI is InChI=1S/C15H14N2O/c1-18-15-10-12(6-9-14(15)17)3-2-11-4-7-13(16)8-5-11/h4-10H,16-17H2,1H3. The second-order valence-electron chi connectivity index (χ2n) is 3.83. The third-order valence-electron chi connectivity index (χ3n) is 2.50. The van der Waals surface area contributed by atoms with Gasteiger partial charge < -0.3 is 16.2 Å². The molecule has 0 aliphatic carbocycles. The second kappa shape index (κ2) is 5.15. The van der Waals surface area contributed by atoms with Gasteiger partial charge in [0.05, 0.1) is 12.8 Å². The predicted octanol–water partition coefficient (Wildman–Crippen LogP) is 2.26. The van der Waals surface area contributed by atoms with Crippen LogP contribution in [0, 0.1) is 11.8 Å². The number of methoxy groups -OCH3 is 1. The zero-order chi connectivity index (χ0) is 13.0. The maximum atomic E-state index is 5.74. The fourth-order valence-corrected chi connectivity index (χ4v) is 1.50. The van der Waals surface area contributed by atoms with Gasteiger partial charge in [-0.15, -0.1) is 0 Å². The fourth-order valence-electron chi connectivity index (χ4n) is 1.50. The van der Waals surface area contributed by atoms with Crippen LogP contribution in [0.25, 0.3) is 0 Å². The van der Waals surface area contributed by atoms with Gasteiger partial charge in [-0.3, -0.25) is 0 Å². The van der Waals surface area contributed by atoms with Gasteiger partial charge in [0, 0.05) is 16.8 Å². The highest BCUT2D eigenvalue weighted by molar-refractivity contribution is 5.57. The topological polar surface area (TPSA) is 61.3 Å². The van der Waals surface area contributed by atoms with E-state index < -0.39 is 0 Å². The van der Waals surface area contributed by atoms with Crippen molar-refractivity contribution >= 4 is 11.4 Å². The molecule has 2 aromatic rings. The SMILES string of the molecule is COc1cc(C#Cc2ccc(N)cc2)ccc1N. The molecule has 4 N–H and O–H groups in total. The number of rotatable bonds is 1. The summed E-state index contributed by atoms with van der Waals surface area (Å²) < 4.78 is 5.14. The van der Waals surface area contributed by atoms with Crippen molar-refractivity contribution < 1.29 is 4.74 Å². The highest BCUT2D eigenvalue weighted by Crippen LogP contribution is 2.21. The predicted molar refractivity (Wildman–Crippen MR) is 74.2 cm³/mol. The first-order valence-corrected chi connectivity index (χ1v) is 5.50. The molecule has 0 radical (unpaired) electrons. The Labute approximate surface area is 106 Å². The third-order valence-corrected chi connectivity index (χ3v) is 2.50. The number of hydrogen-bond donors (Lipinski definition) is 2. The Morgan fingerprint density at radius 2 is 1.50 bits per heavy atom. The Kier molecular flexibility index (Phi) is 3.40. The van der Waals surface area contributed by atoms with E-state index in [4.69, 9.17) is 16.2 Å². The molecule has 0 amide bonds. The molecular formula is C15H14N2O. The van der Waals surface area contributed by atoms with Crippen LogP contribution in [-0.4, -0.2) is 7.11 Å². The molecule has 0 fully saturated rings. The minimum Gasteiger partial charge on any atom is -0.495 e. The fraction of sp³-hybridized carbons (Fsp3) is 0.0667. The highest BCUT2D eigenvalue weighted by Gasteiger charge is 1.98. The summed E-state index contributed by atoms with van der Waals surface area (Å²) in [5.74, 6) is 6.75. The van der Waals surface area contributed by atoms with Crippen LogP contribution in [0.3, 0.4) is 0 Å². The van der Waals surface area contributed by atoms with Gasteiger partial charge >= 0.3 is 0 Å². The summed E-state index contributed by atoms with van der Waals surface area (Å²) in [6, 6.07) is 12.9. The van der Waals surface area contributed by atoms with Gasteiger partial charge in [-0.05, 0) is 42.5 Å². The van der Waals surface area contributed by atoms with E-state index in [-0.39, 0.29) is 0 Å². The van der Waals surface area contributed by atoms with E-state index in [0.29, 0.717) is 11.4 Å². The van der Waals surface area contributed by atoms with Crippen LogP contribution in [0.5, 0.6) is 5.75 Å². The highest BCUT2D eigenvalue weighted by atomic mass is 16.5. The van der Waals surface area contributed by atoms with Crippen molar-refractivity contribution in [1.82, 2.24) is 0 Å². The average Bonchev–Trinajstić information content (AvgIpc) is 2.39. The molecule has 0 unspecified atom stereocenters. The lowest BCUT2D eigenvalue weighted by atomic mass is 10.1. The van der Waals surface area contributed by atoms with Gasteiger partial charge in [0.2, 0.25) is 0 Å². The smallest absolute Gasteiger partial charge is 0.142 e. The Morgan fingerprint density at radius 3 is 2.17 bits per heavy atom. The van der Waals surface area contributed by atoms with Gasteiger partial charge in [-0.1, -0.05) is 11.8 Å². The number of nitrogen functional groups attached to an aromatic ring is 2. The summed E-state index contributed by atoms with van der Waals surface area (Å²) in [5.41, 5.74) is 14.5. The molecule has 0 aliphatic rings. The zero-order valence-corrected chi connectivity index (χ0v) is 10.1. The van der Waals surface area contributed by atoms with Crippen molar-refractivity contribution in [2.75, 3.05) is 18.6 Å². The molecule has 0 atom stereocenters. The van der Waals surface area contributed by atoms with E-state index >= 15 is 0 Å². The average molecular weight is 238 g/mol. The summed E-state index contributed by atoms with van der Waals surface area (Å²) in [6.07, 6.45) is 0. The molecule has 0 aromatic heterocycles. The number of hydrogen-bond acceptors (Lipinski definition) is 3. The first-order chi connectivity index (χ1) is 8.69. The van der Waals surface area contributed by atoms with E-state index in [0.717, 1.165) is 16.8 Å². The van der Waals surface area contributed by atoms with Crippen LogP contribution in [0.15, 0.2) is 42.5 Å². The van der Waals surface area contributed by atoms with E-state index in [1.165, 1.54) is 0 Å². The van der Waals surface area contributed by atoms with Gasteiger partial charge in [0.25, 0.3) is 0 Å². The van der Waals surface area contributed by atoms with Crippen LogP contribution < -0.4 is 16.2 Å². The van der Waals surface area contributed by atoms with Gasteiger partial charge in [0.15, 0.2) is 0 Å². The van der Waals surface area contributed by atoms with Gasteiger partial charge in [-0.2, -0.15) is 0 Å². The Bertz CT molecular complexity index is 607. The van der Waals surface area contributed by atoms with Crippen LogP contribution in [0.1, 0.15) is 11.1 Å². The molecule has 0 bridgehead atoms. The largest absolute Gasteiger partial charge is 0.495 e. The van der Waals surface area contributed by atoms with E-state index in [1.807, 2.05) is 36.4 Å². The number of nitrogens with two attached hydrogens (primary N) is 2. The van der Waals surface area contributed by atoms with Gasteiger partial charge in [-0.25, -0.2) is 0 Å². The molecule has 0 saturated heterocycles. The van der Waals surface area contributed by atoms with E-state index in [9.17, 15) is 0 Å². The third kappa shape index (κ3) is 2.74. The summed E-state index contributed by atoms with van der Waals surface area (Å²) in [7, 11) is 1.59. The quantitative estimate of drug-likeness (QED) is 0.591. The number of ether oxygens (including phenoxy) is 1. The van der Waals surface area contributed by atoms with Crippen molar-refractivity contribution in [2.45, 2.75) is 0 Å². The van der Waals surface area contributed by atoms with Crippen molar-refractivity contribution in [3.05, 3.63) is 53.6 Å². The minimum absolute atomic E-state index is 0.607. The maximum Gasteiger partial charge on any atom is 0.142 e. The lowest BCUT2D eigenvalue weighted by Crippen LogP contribution is -1.92. The maximum absolute atomic E-state index is 5.74. The van der Waals surface area contributed by atoms with Crippen molar-refractivity contribution in [3.8, 4) is 17.6 Å². The molecule has 2 aromatic carbocycles. The Hall–Kier alpha value is -2.60. The molecule has 0 saturated carbocycles. The lowest BCUT2D eigenvalue weighted by molar-refractivity contribution is 0.417. The van der Waals surface area contributed by atoms with Crippen molar-refractivity contribution in [2.24, 2.45) is 0 Å². The van der Waals surface area contributed by atoms with E-state index in [1.54, 1.807) is 13.2 Å². The number of anilines is 2. The van der Waals surface area contributed by atoms with Crippen LogP contribution in [-0.2, 0) is 0 Å². The van der Waals surface area contributed by atoms with Gasteiger partial charge in [0.1, 0.15) is 5.75 Å². The molecule has 90 valence electrons. The molecule has 18 heavy (non-hydrogen) atoms. The molecule has 3 nitrogen and oxygen atoms in total. The second-order valence-corrected chi connectivity index (χ2v) is 3.83. The summed E-state index contributed by atoms with van der Waals surface area (Å²) in [5, 5.41) is 0. The first-order valence-electron chi connectivity index (χ1n) is 5.50. The first kappa shape index (κ1) is 11.9. The summed E-state index contributed by atoms with van der Waals surface area (Å²) in [4.78, 5) is 0. The molecule has 3 heteroatoms. The van der Waals surface area contributed by atoms with Crippen molar-refractivity contribution in [1.29, 1.82) is 0 Å². The van der Waals surface area contributed by atoms with Crippen LogP contribution in [0.2, 0.25) is 0 Å². The minimum atomic E-state index is 0.607. The number of benzene rings is 2. The summed E-state index contributed by atoms with van der Waals surface area (Å²) in [6.45, 7) is 0. The Morgan fingerprint density at radius 1 is 0.889 bits per heavy atom. The molecule has 2 rings (SSSR count). The lowest BCUT2D eigenvalue weighted by Gasteiger charge is -2.03. The monoisotopic (exact) mass is 238 g/mol. The molecular weight excluding hydrogens is 224 g/mol.